The molecule has 0 heterocycles. The highest BCUT2D eigenvalue weighted by Gasteiger charge is 2.49. The molecule has 2 fully saturated rings. The average molecular weight is 405 g/mol. The molecular formula is C23H32O6. The molecule has 2 saturated carbocycles. The number of hydrogen-bond donors (Lipinski definition) is 4. The van der Waals surface area contributed by atoms with Crippen molar-refractivity contribution in [3.8, 4) is 11.5 Å². The van der Waals surface area contributed by atoms with Crippen LogP contribution < -0.4 is 0 Å². The molecule has 2 aliphatic rings. The highest BCUT2D eigenvalue weighted by molar-refractivity contribution is 5.78. The summed E-state index contributed by atoms with van der Waals surface area (Å²) in [6, 6.07) is 3.52. The third kappa shape index (κ3) is 5.22. The Kier molecular flexibility index (Phi) is 6.39. The van der Waals surface area contributed by atoms with Gasteiger partial charge in [-0.3, -0.25) is 9.59 Å². The van der Waals surface area contributed by atoms with Crippen molar-refractivity contribution in [3.05, 3.63) is 23.3 Å². The van der Waals surface area contributed by atoms with E-state index >= 15 is 0 Å². The standard InChI is InChI=1S/C23H32O6/c24-18-15-16(6-3-5-9-23(12-13-23)21(28)29)14-17(19(18)25)7-2-1-4-8-22(10-11-22)20(26)27/h14-15,24-25H,1-13H2,(H,26,27)(H,28,29). The van der Waals surface area contributed by atoms with Gasteiger partial charge in [-0.05, 0) is 81.4 Å². The van der Waals surface area contributed by atoms with Crippen LogP contribution >= 0.6 is 0 Å². The van der Waals surface area contributed by atoms with Gasteiger partial charge in [-0.1, -0.05) is 25.3 Å². The molecule has 0 atom stereocenters. The predicted molar refractivity (Wildman–Crippen MR) is 108 cm³/mol. The first-order valence-electron chi connectivity index (χ1n) is 10.8. The second kappa shape index (κ2) is 8.64. The minimum atomic E-state index is -0.682. The molecule has 4 N–H and O–H groups in total. The highest BCUT2D eigenvalue weighted by Crippen LogP contribution is 2.50. The number of aliphatic carboxylic acids is 2. The van der Waals surface area contributed by atoms with E-state index in [1.807, 2.05) is 6.07 Å². The minimum Gasteiger partial charge on any atom is -0.504 e. The van der Waals surface area contributed by atoms with Crippen molar-refractivity contribution < 1.29 is 30.0 Å². The molecule has 0 aliphatic heterocycles. The number of unbranched alkanes of at least 4 members (excludes halogenated alkanes) is 3. The third-order valence-corrected chi connectivity index (χ3v) is 6.82. The third-order valence-electron chi connectivity index (χ3n) is 6.82. The number of aryl methyl sites for hydroxylation is 2. The largest absolute Gasteiger partial charge is 0.504 e. The molecule has 2 aliphatic carbocycles. The van der Waals surface area contributed by atoms with Crippen molar-refractivity contribution in [1.82, 2.24) is 0 Å². The van der Waals surface area contributed by atoms with Crippen molar-refractivity contribution >= 4 is 11.9 Å². The van der Waals surface area contributed by atoms with Gasteiger partial charge >= 0.3 is 11.9 Å². The molecule has 0 spiro atoms. The van der Waals surface area contributed by atoms with E-state index in [0.717, 1.165) is 81.8 Å². The van der Waals surface area contributed by atoms with Crippen LogP contribution in [0.15, 0.2) is 12.1 Å². The first-order chi connectivity index (χ1) is 13.8. The van der Waals surface area contributed by atoms with Crippen LogP contribution in [0.1, 0.15) is 81.8 Å². The summed E-state index contributed by atoms with van der Waals surface area (Å²) in [5.74, 6) is -1.54. The first kappa shape index (κ1) is 21.5. The van der Waals surface area contributed by atoms with Crippen molar-refractivity contribution in [1.29, 1.82) is 0 Å². The van der Waals surface area contributed by atoms with Gasteiger partial charge in [-0.15, -0.1) is 0 Å². The number of hydrogen-bond acceptors (Lipinski definition) is 4. The van der Waals surface area contributed by atoms with E-state index < -0.39 is 22.8 Å². The molecule has 160 valence electrons. The van der Waals surface area contributed by atoms with Gasteiger partial charge < -0.3 is 20.4 Å². The Morgan fingerprint density at radius 3 is 1.79 bits per heavy atom. The molecule has 0 saturated heterocycles. The molecule has 6 nitrogen and oxygen atoms in total. The zero-order valence-electron chi connectivity index (χ0n) is 17.0. The molecule has 1 aromatic carbocycles. The van der Waals surface area contributed by atoms with Crippen LogP contribution in [-0.2, 0) is 22.4 Å². The quantitative estimate of drug-likeness (QED) is 0.281. The van der Waals surface area contributed by atoms with Crippen LogP contribution in [0, 0.1) is 10.8 Å². The SMILES string of the molecule is O=C(O)C1(CCCCCc2cc(CCCCC3(C(=O)O)CC3)cc(O)c2O)CC1. The molecule has 1 aromatic rings. The minimum absolute atomic E-state index is 0.0687. The van der Waals surface area contributed by atoms with Gasteiger partial charge in [-0.2, -0.15) is 0 Å². The lowest BCUT2D eigenvalue weighted by Gasteiger charge is -2.12. The summed E-state index contributed by atoms with van der Waals surface area (Å²) in [6.07, 6.45) is 10.2. The maximum Gasteiger partial charge on any atom is 0.309 e. The van der Waals surface area contributed by atoms with Gasteiger partial charge in [-0.25, -0.2) is 0 Å². The van der Waals surface area contributed by atoms with Crippen LogP contribution in [0.3, 0.4) is 0 Å². The summed E-state index contributed by atoms with van der Waals surface area (Å²) in [6.45, 7) is 0. The summed E-state index contributed by atoms with van der Waals surface area (Å²) >= 11 is 0. The van der Waals surface area contributed by atoms with Crippen LogP contribution in [0.25, 0.3) is 0 Å². The second-order valence-electron chi connectivity index (χ2n) is 9.06. The molecule has 0 aromatic heterocycles. The van der Waals surface area contributed by atoms with Crippen molar-refractivity contribution in [3.63, 3.8) is 0 Å². The summed E-state index contributed by atoms with van der Waals surface area (Å²) in [5, 5.41) is 38.6. The molecular weight excluding hydrogens is 372 g/mol. The van der Waals surface area contributed by atoms with E-state index in [0.29, 0.717) is 12.8 Å². The summed E-state index contributed by atoms with van der Waals surface area (Å²) < 4.78 is 0. The van der Waals surface area contributed by atoms with Gasteiger partial charge in [0.25, 0.3) is 0 Å². The molecule has 0 radical (unpaired) electrons. The maximum atomic E-state index is 11.2. The number of carbonyl (C=O) groups is 2. The Hall–Kier alpha value is -2.24. The van der Waals surface area contributed by atoms with E-state index in [1.54, 1.807) is 6.07 Å². The molecule has 0 amide bonds. The normalized spacial score (nSPS) is 18.3. The van der Waals surface area contributed by atoms with Gasteiger partial charge in [0.1, 0.15) is 0 Å². The molecule has 6 heteroatoms. The van der Waals surface area contributed by atoms with Crippen LogP contribution in [-0.4, -0.2) is 32.4 Å². The number of carboxylic acids is 2. The molecule has 0 unspecified atom stereocenters. The number of phenolic OH excluding ortho intramolecular Hbond substituents is 2. The zero-order valence-corrected chi connectivity index (χ0v) is 17.0. The Labute approximate surface area is 171 Å². The second-order valence-corrected chi connectivity index (χ2v) is 9.06. The molecule has 0 bridgehead atoms. The fourth-order valence-electron chi connectivity index (χ4n) is 4.27. The average Bonchev–Trinajstić information content (AvgIpc) is 3.57. The van der Waals surface area contributed by atoms with E-state index in [9.17, 15) is 30.0 Å². The molecule has 3 rings (SSSR count). The fraction of sp³-hybridized carbons (Fsp3) is 0.652. The lowest BCUT2D eigenvalue weighted by atomic mass is 9.95. The van der Waals surface area contributed by atoms with Crippen molar-refractivity contribution in [2.45, 2.75) is 83.5 Å². The highest BCUT2D eigenvalue weighted by atomic mass is 16.4. The monoisotopic (exact) mass is 404 g/mol. The topological polar surface area (TPSA) is 115 Å². The predicted octanol–water partition coefficient (Wildman–Crippen LogP) is 4.64. The number of benzene rings is 1. The van der Waals surface area contributed by atoms with Gasteiger partial charge in [0.15, 0.2) is 11.5 Å². The van der Waals surface area contributed by atoms with Gasteiger partial charge in [0.05, 0.1) is 10.8 Å². The maximum absolute atomic E-state index is 11.2. The smallest absolute Gasteiger partial charge is 0.309 e. The van der Waals surface area contributed by atoms with Crippen LogP contribution in [0.4, 0.5) is 0 Å². The summed E-state index contributed by atoms with van der Waals surface area (Å²) in [4.78, 5) is 22.4. The van der Waals surface area contributed by atoms with Crippen molar-refractivity contribution in [2.24, 2.45) is 10.8 Å². The fourth-order valence-corrected chi connectivity index (χ4v) is 4.27. The number of carboxylic acid groups (broad SMARTS) is 2. The lowest BCUT2D eigenvalue weighted by Crippen LogP contribution is -2.14. The van der Waals surface area contributed by atoms with Gasteiger partial charge in [0.2, 0.25) is 0 Å². The summed E-state index contributed by atoms with van der Waals surface area (Å²) in [5.41, 5.74) is 0.726. The number of aromatic hydroxyl groups is 2. The van der Waals surface area contributed by atoms with Crippen LogP contribution in [0.2, 0.25) is 0 Å². The Balaban J connectivity index is 1.42. The molecule has 29 heavy (non-hydrogen) atoms. The van der Waals surface area contributed by atoms with E-state index in [1.165, 1.54) is 0 Å². The zero-order chi connectivity index (χ0) is 21.1. The van der Waals surface area contributed by atoms with E-state index in [2.05, 4.69) is 0 Å². The Morgan fingerprint density at radius 2 is 1.28 bits per heavy atom. The van der Waals surface area contributed by atoms with Crippen LogP contribution in [0.5, 0.6) is 11.5 Å². The number of phenols is 2. The van der Waals surface area contributed by atoms with E-state index in [4.69, 9.17) is 0 Å². The van der Waals surface area contributed by atoms with Crippen molar-refractivity contribution in [2.75, 3.05) is 0 Å². The first-order valence-corrected chi connectivity index (χ1v) is 10.8. The number of rotatable bonds is 13. The Morgan fingerprint density at radius 1 is 0.759 bits per heavy atom. The lowest BCUT2D eigenvalue weighted by molar-refractivity contribution is -0.144. The Bertz CT molecular complexity index is 761. The summed E-state index contributed by atoms with van der Waals surface area (Å²) in [7, 11) is 0. The van der Waals surface area contributed by atoms with Gasteiger partial charge in [0, 0.05) is 0 Å². The van der Waals surface area contributed by atoms with E-state index in [-0.39, 0.29) is 11.5 Å².